The SMILES string of the molecule is CCc1ccc(C(=O)c2c(OC)cnn2CC)s1. The van der Waals surface area contributed by atoms with Gasteiger partial charge in [-0.05, 0) is 25.5 Å². The van der Waals surface area contributed by atoms with Crippen LogP contribution in [0.3, 0.4) is 0 Å². The molecule has 2 heterocycles. The lowest BCUT2D eigenvalue weighted by Crippen LogP contribution is -2.10. The van der Waals surface area contributed by atoms with Crippen molar-refractivity contribution in [2.45, 2.75) is 26.8 Å². The van der Waals surface area contributed by atoms with Gasteiger partial charge in [-0.3, -0.25) is 9.48 Å². The highest BCUT2D eigenvalue weighted by molar-refractivity contribution is 7.14. The second kappa shape index (κ2) is 5.35. The quantitative estimate of drug-likeness (QED) is 0.780. The zero-order valence-corrected chi connectivity index (χ0v) is 11.6. The molecule has 0 unspecified atom stereocenters. The molecule has 2 aromatic heterocycles. The lowest BCUT2D eigenvalue weighted by molar-refractivity contribution is 0.103. The first-order chi connectivity index (χ1) is 8.71. The second-order valence-corrected chi connectivity index (χ2v) is 4.99. The number of thiophene rings is 1. The highest BCUT2D eigenvalue weighted by atomic mass is 32.1. The summed E-state index contributed by atoms with van der Waals surface area (Å²) in [6.45, 7) is 4.68. The van der Waals surface area contributed by atoms with Gasteiger partial charge in [-0.15, -0.1) is 11.3 Å². The standard InChI is InChI=1S/C13H16N2O2S/c1-4-9-6-7-11(18-9)13(16)12-10(17-3)8-14-15(12)5-2/h6-8H,4-5H2,1-3H3. The van der Waals surface area contributed by atoms with Gasteiger partial charge in [0.15, 0.2) is 11.4 Å². The van der Waals surface area contributed by atoms with Crippen molar-refractivity contribution in [3.8, 4) is 5.75 Å². The van der Waals surface area contributed by atoms with E-state index in [0.29, 0.717) is 18.0 Å². The van der Waals surface area contributed by atoms with E-state index in [2.05, 4.69) is 12.0 Å². The van der Waals surface area contributed by atoms with Gasteiger partial charge >= 0.3 is 0 Å². The Morgan fingerprint density at radius 1 is 1.44 bits per heavy atom. The van der Waals surface area contributed by atoms with Gasteiger partial charge in [0.25, 0.3) is 0 Å². The zero-order chi connectivity index (χ0) is 13.1. The summed E-state index contributed by atoms with van der Waals surface area (Å²) >= 11 is 1.53. The van der Waals surface area contributed by atoms with Crippen molar-refractivity contribution >= 4 is 17.1 Å². The minimum atomic E-state index is -0.0177. The van der Waals surface area contributed by atoms with Gasteiger partial charge < -0.3 is 4.74 Å². The van der Waals surface area contributed by atoms with Crippen LogP contribution in [0.2, 0.25) is 0 Å². The van der Waals surface area contributed by atoms with Crippen LogP contribution in [0.1, 0.15) is 34.1 Å². The molecule has 0 aliphatic carbocycles. The number of ether oxygens (including phenoxy) is 1. The third kappa shape index (κ3) is 2.18. The molecule has 0 aromatic carbocycles. The van der Waals surface area contributed by atoms with E-state index in [1.807, 2.05) is 19.1 Å². The Hall–Kier alpha value is -1.62. The molecule has 0 spiro atoms. The fraction of sp³-hybridized carbons (Fsp3) is 0.385. The van der Waals surface area contributed by atoms with Crippen LogP contribution in [-0.2, 0) is 13.0 Å². The first kappa shape index (κ1) is 12.8. The van der Waals surface area contributed by atoms with Crippen molar-refractivity contribution in [2.24, 2.45) is 0 Å². The van der Waals surface area contributed by atoms with Crippen molar-refractivity contribution in [3.05, 3.63) is 33.8 Å². The molecule has 0 aliphatic heterocycles. The summed E-state index contributed by atoms with van der Waals surface area (Å²) in [4.78, 5) is 14.4. The fourth-order valence-electron chi connectivity index (χ4n) is 1.79. The number of carbonyl (C=O) groups excluding carboxylic acids is 1. The summed E-state index contributed by atoms with van der Waals surface area (Å²) in [5.41, 5.74) is 0.532. The molecule has 2 aromatic rings. The number of hydrogen-bond acceptors (Lipinski definition) is 4. The Morgan fingerprint density at radius 3 is 2.78 bits per heavy atom. The minimum absolute atomic E-state index is 0.0177. The number of hydrogen-bond donors (Lipinski definition) is 0. The maximum absolute atomic E-state index is 12.5. The van der Waals surface area contributed by atoms with E-state index < -0.39 is 0 Å². The average molecular weight is 264 g/mol. The van der Waals surface area contributed by atoms with E-state index >= 15 is 0 Å². The summed E-state index contributed by atoms with van der Waals surface area (Å²) < 4.78 is 6.88. The largest absolute Gasteiger partial charge is 0.493 e. The van der Waals surface area contributed by atoms with Gasteiger partial charge in [-0.25, -0.2) is 0 Å². The Bertz CT molecular complexity index is 536. The molecule has 0 atom stereocenters. The van der Waals surface area contributed by atoms with E-state index in [0.717, 1.165) is 11.3 Å². The zero-order valence-electron chi connectivity index (χ0n) is 10.8. The van der Waals surface area contributed by atoms with Crippen molar-refractivity contribution in [1.29, 1.82) is 0 Å². The van der Waals surface area contributed by atoms with Crippen LogP contribution in [0.5, 0.6) is 5.75 Å². The number of carbonyl (C=O) groups is 1. The van der Waals surface area contributed by atoms with E-state index in [4.69, 9.17) is 4.74 Å². The number of nitrogens with zero attached hydrogens (tertiary/aromatic N) is 2. The molecule has 96 valence electrons. The van der Waals surface area contributed by atoms with Gasteiger partial charge in [-0.2, -0.15) is 5.10 Å². The highest BCUT2D eigenvalue weighted by Gasteiger charge is 2.21. The van der Waals surface area contributed by atoms with E-state index in [1.165, 1.54) is 16.2 Å². The molecule has 18 heavy (non-hydrogen) atoms. The molecule has 5 heteroatoms. The third-order valence-corrected chi connectivity index (χ3v) is 4.00. The first-order valence-electron chi connectivity index (χ1n) is 5.94. The first-order valence-corrected chi connectivity index (χ1v) is 6.76. The minimum Gasteiger partial charge on any atom is -0.493 e. The van der Waals surface area contributed by atoms with E-state index in [1.54, 1.807) is 18.0 Å². The van der Waals surface area contributed by atoms with Crippen LogP contribution in [0.4, 0.5) is 0 Å². The molecule has 2 rings (SSSR count). The maximum Gasteiger partial charge on any atom is 0.224 e. The summed E-state index contributed by atoms with van der Waals surface area (Å²) in [5, 5.41) is 4.15. The molecule has 0 fully saturated rings. The van der Waals surface area contributed by atoms with Crippen LogP contribution >= 0.6 is 11.3 Å². The maximum atomic E-state index is 12.5. The molecule has 0 bridgehead atoms. The fourth-order valence-corrected chi connectivity index (χ4v) is 2.68. The Kier molecular flexibility index (Phi) is 3.81. The number of aromatic nitrogens is 2. The number of aryl methyl sites for hydroxylation is 2. The molecule has 0 N–H and O–H groups in total. The number of rotatable bonds is 5. The van der Waals surface area contributed by atoms with Gasteiger partial charge in [0.1, 0.15) is 0 Å². The smallest absolute Gasteiger partial charge is 0.224 e. The van der Waals surface area contributed by atoms with Crippen LogP contribution in [-0.4, -0.2) is 22.7 Å². The average Bonchev–Trinajstić information content (AvgIpc) is 3.03. The molecule has 0 saturated carbocycles. The lowest BCUT2D eigenvalue weighted by atomic mass is 10.2. The number of methoxy groups -OCH3 is 1. The number of ketones is 1. The summed E-state index contributed by atoms with van der Waals surface area (Å²) in [7, 11) is 1.56. The molecule has 0 aliphatic rings. The second-order valence-electron chi connectivity index (χ2n) is 3.83. The summed E-state index contributed by atoms with van der Waals surface area (Å²) in [5.74, 6) is 0.518. The predicted octanol–water partition coefficient (Wildman–Crippen LogP) is 2.77. The molecular formula is C13H16N2O2S. The van der Waals surface area contributed by atoms with E-state index in [9.17, 15) is 4.79 Å². The van der Waals surface area contributed by atoms with Gasteiger partial charge in [-0.1, -0.05) is 6.92 Å². The molecule has 0 radical (unpaired) electrons. The Balaban J connectivity index is 2.41. The van der Waals surface area contributed by atoms with Crippen molar-refractivity contribution in [3.63, 3.8) is 0 Å². The van der Waals surface area contributed by atoms with Gasteiger partial charge in [0.2, 0.25) is 5.78 Å². The monoisotopic (exact) mass is 264 g/mol. The predicted molar refractivity (Wildman–Crippen MR) is 71.6 cm³/mol. The van der Waals surface area contributed by atoms with Crippen molar-refractivity contribution in [2.75, 3.05) is 7.11 Å². The summed E-state index contributed by atoms with van der Waals surface area (Å²) in [6.07, 6.45) is 2.53. The van der Waals surface area contributed by atoms with Crippen LogP contribution < -0.4 is 4.74 Å². The molecule has 0 amide bonds. The molecule has 4 nitrogen and oxygen atoms in total. The molecular weight excluding hydrogens is 248 g/mol. The lowest BCUT2D eigenvalue weighted by Gasteiger charge is -2.04. The summed E-state index contributed by atoms with van der Waals surface area (Å²) in [6, 6.07) is 3.87. The third-order valence-electron chi connectivity index (χ3n) is 2.77. The van der Waals surface area contributed by atoms with E-state index in [-0.39, 0.29) is 5.78 Å². The van der Waals surface area contributed by atoms with Crippen LogP contribution in [0.25, 0.3) is 0 Å². The normalized spacial score (nSPS) is 10.6. The van der Waals surface area contributed by atoms with Crippen molar-refractivity contribution < 1.29 is 9.53 Å². The molecule has 0 saturated heterocycles. The Morgan fingerprint density at radius 2 is 2.22 bits per heavy atom. The van der Waals surface area contributed by atoms with Gasteiger partial charge in [0, 0.05) is 11.4 Å². The van der Waals surface area contributed by atoms with Crippen molar-refractivity contribution in [1.82, 2.24) is 9.78 Å². The van der Waals surface area contributed by atoms with Crippen LogP contribution in [0.15, 0.2) is 18.3 Å². The highest BCUT2D eigenvalue weighted by Crippen LogP contribution is 2.25. The van der Waals surface area contributed by atoms with Crippen LogP contribution in [0, 0.1) is 0 Å². The topological polar surface area (TPSA) is 44.1 Å². The van der Waals surface area contributed by atoms with Gasteiger partial charge in [0.05, 0.1) is 18.2 Å². The Labute approximate surface area is 110 Å².